The molecule has 1 aromatic carbocycles. The van der Waals surface area contributed by atoms with Gasteiger partial charge in [0.05, 0.1) is 24.1 Å². The first-order valence-electron chi connectivity index (χ1n) is 9.92. The fourth-order valence-electron chi connectivity index (χ4n) is 3.46. The molecule has 2 atom stereocenters. The summed E-state index contributed by atoms with van der Waals surface area (Å²) in [5.41, 5.74) is 0.0366. The quantitative estimate of drug-likeness (QED) is 0.388. The summed E-state index contributed by atoms with van der Waals surface area (Å²) in [7, 11) is 1.78. The molecule has 1 fully saturated rings. The maximum atomic E-state index is 12.1. The number of ether oxygens (including phenoxy) is 1. The van der Waals surface area contributed by atoms with Crippen LogP contribution in [0.3, 0.4) is 0 Å². The molecule has 168 valence electrons. The van der Waals surface area contributed by atoms with E-state index in [0.717, 1.165) is 0 Å². The number of nitrogens with zero attached hydrogens (tertiary/aromatic N) is 5. The number of hydrogen-bond acceptors (Lipinski definition) is 10. The van der Waals surface area contributed by atoms with Crippen LogP contribution < -0.4 is 0 Å². The molecule has 0 amide bonds. The molecule has 1 saturated heterocycles. The third kappa shape index (κ3) is 6.06. The van der Waals surface area contributed by atoms with E-state index in [4.69, 9.17) is 9.26 Å². The summed E-state index contributed by atoms with van der Waals surface area (Å²) in [6, 6.07) is 5.66. The largest absolute Gasteiger partial charge is 0.459 e. The zero-order valence-electron chi connectivity index (χ0n) is 18.0. The number of non-ortho nitro benzene ring substituents is 1. The molecule has 0 radical (unpaired) electrons. The number of likely N-dealkylation sites (tertiary alicyclic amines) is 1. The smallest absolute Gasteiger partial charge is 0.320 e. The second-order valence-corrected chi connectivity index (χ2v) is 8.65. The van der Waals surface area contributed by atoms with Crippen LogP contribution in [0.2, 0.25) is 0 Å². The van der Waals surface area contributed by atoms with E-state index in [9.17, 15) is 20.0 Å². The van der Waals surface area contributed by atoms with Gasteiger partial charge in [-0.2, -0.15) is 4.98 Å². The molecule has 1 aliphatic rings. The van der Waals surface area contributed by atoms with E-state index in [1.165, 1.54) is 12.1 Å². The van der Waals surface area contributed by atoms with Gasteiger partial charge in [0, 0.05) is 36.8 Å². The Kier molecular flexibility index (Phi) is 6.68. The van der Waals surface area contributed by atoms with Gasteiger partial charge in [-0.1, -0.05) is 5.16 Å². The molecule has 2 heterocycles. The molecule has 1 aromatic heterocycles. The monoisotopic (exact) mass is 433 g/mol. The molecule has 1 N–H and O–H groups in total. The molecule has 31 heavy (non-hydrogen) atoms. The van der Waals surface area contributed by atoms with Crippen molar-refractivity contribution < 1.29 is 24.1 Å². The van der Waals surface area contributed by atoms with E-state index in [0.29, 0.717) is 36.9 Å². The first kappa shape index (κ1) is 22.8. The van der Waals surface area contributed by atoms with Crippen LogP contribution in [-0.4, -0.2) is 80.4 Å². The number of aliphatic hydroxyl groups is 1. The van der Waals surface area contributed by atoms with Crippen molar-refractivity contribution in [3.63, 3.8) is 0 Å². The van der Waals surface area contributed by atoms with Crippen molar-refractivity contribution >= 4 is 11.7 Å². The number of rotatable bonds is 7. The Balaban J connectivity index is 1.57. The summed E-state index contributed by atoms with van der Waals surface area (Å²) in [5, 5.41) is 25.2. The molecular formula is C20H27N5O6. The van der Waals surface area contributed by atoms with Gasteiger partial charge in [0.25, 0.3) is 5.69 Å². The molecule has 1 aliphatic heterocycles. The van der Waals surface area contributed by atoms with Crippen LogP contribution in [0.25, 0.3) is 11.4 Å². The van der Waals surface area contributed by atoms with E-state index >= 15 is 0 Å². The van der Waals surface area contributed by atoms with E-state index in [2.05, 4.69) is 10.1 Å². The highest BCUT2D eigenvalue weighted by atomic mass is 16.6. The van der Waals surface area contributed by atoms with Gasteiger partial charge in [-0.05, 0) is 40.0 Å². The molecule has 0 unspecified atom stereocenters. The van der Waals surface area contributed by atoms with Crippen LogP contribution in [0.5, 0.6) is 0 Å². The first-order chi connectivity index (χ1) is 14.5. The molecule has 0 spiro atoms. The Morgan fingerprint density at radius 2 is 2.03 bits per heavy atom. The van der Waals surface area contributed by atoms with Crippen LogP contribution in [0.1, 0.15) is 26.7 Å². The van der Waals surface area contributed by atoms with Gasteiger partial charge < -0.3 is 14.4 Å². The van der Waals surface area contributed by atoms with Crippen molar-refractivity contribution in [1.29, 1.82) is 0 Å². The Morgan fingerprint density at radius 3 is 2.65 bits per heavy atom. The number of nitro benzene ring substituents is 1. The molecule has 2 aromatic rings. The van der Waals surface area contributed by atoms with E-state index < -0.39 is 16.6 Å². The number of likely N-dealkylation sites (N-methyl/N-ethyl adjacent to an activating group) is 1. The predicted octanol–water partition coefficient (Wildman–Crippen LogP) is 1.46. The second-order valence-electron chi connectivity index (χ2n) is 8.65. The van der Waals surface area contributed by atoms with Crippen molar-refractivity contribution in [1.82, 2.24) is 19.9 Å². The number of esters is 1. The summed E-state index contributed by atoms with van der Waals surface area (Å²) in [4.78, 5) is 30.5. The Labute approximate surface area is 179 Å². The van der Waals surface area contributed by atoms with Crippen LogP contribution in [0.15, 0.2) is 28.8 Å². The lowest BCUT2D eigenvalue weighted by Crippen LogP contribution is -2.44. The highest BCUT2D eigenvalue weighted by molar-refractivity contribution is 5.72. The molecule has 0 aliphatic carbocycles. The van der Waals surface area contributed by atoms with Crippen molar-refractivity contribution in [2.24, 2.45) is 0 Å². The van der Waals surface area contributed by atoms with Gasteiger partial charge in [0.15, 0.2) is 0 Å². The summed E-state index contributed by atoms with van der Waals surface area (Å²) < 4.78 is 10.6. The molecule has 0 saturated carbocycles. The number of benzene rings is 1. The maximum Gasteiger partial charge on any atom is 0.320 e. The van der Waals surface area contributed by atoms with Crippen LogP contribution in [0, 0.1) is 10.1 Å². The van der Waals surface area contributed by atoms with Crippen LogP contribution in [-0.2, 0) is 16.1 Å². The third-order valence-corrected chi connectivity index (χ3v) is 4.86. The minimum absolute atomic E-state index is 0.0138. The van der Waals surface area contributed by atoms with Gasteiger partial charge in [-0.25, -0.2) is 0 Å². The average Bonchev–Trinajstić information content (AvgIpc) is 3.27. The van der Waals surface area contributed by atoms with Crippen molar-refractivity contribution in [2.75, 3.05) is 26.7 Å². The van der Waals surface area contributed by atoms with E-state index in [-0.39, 0.29) is 24.2 Å². The summed E-state index contributed by atoms with van der Waals surface area (Å²) >= 11 is 0. The van der Waals surface area contributed by atoms with Crippen LogP contribution in [0.4, 0.5) is 5.69 Å². The van der Waals surface area contributed by atoms with Gasteiger partial charge in [-0.3, -0.25) is 24.7 Å². The van der Waals surface area contributed by atoms with Crippen molar-refractivity contribution in [2.45, 2.75) is 45.1 Å². The van der Waals surface area contributed by atoms with E-state index in [1.54, 1.807) is 24.1 Å². The van der Waals surface area contributed by atoms with Crippen LogP contribution >= 0.6 is 0 Å². The highest BCUT2D eigenvalue weighted by Gasteiger charge is 2.36. The van der Waals surface area contributed by atoms with Gasteiger partial charge in [0.2, 0.25) is 11.7 Å². The number of aromatic nitrogens is 2. The van der Waals surface area contributed by atoms with Gasteiger partial charge in [-0.15, -0.1) is 0 Å². The normalized spacial score (nSPS) is 19.7. The average molecular weight is 433 g/mol. The highest BCUT2D eigenvalue weighted by Crippen LogP contribution is 2.22. The van der Waals surface area contributed by atoms with Crippen molar-refractivity contribution in [3.8, 4) is 11.4 Å². The Morgan fingerprint density at radius 1 is 1.35 bits per heavy atom. The fraction of sp³-hybridized carbons (Fsp3) is 0.550. The number of hydrogen-bond donors (Lipinski definition) is 1. The topological polar surface area (TPSA) is 135 Å². The number of carbonyl (C=O) groups excluding carboxylic acids is 1. The van der Waals surface area contributed by atoms with Crippen molar-refractivity contribution in [3.05, 3.63) is 40.3 Å². The summed E-state index contributed by atoms with van der Waals surface area (Å²) in [6.45, 7) is 6.78. The first-order valence-corrected chi connectivity index (χ1v) is 9.92. The lowest BCUT2D eigenvalue weighted by atomic mass is 10.2. The van der Waals surface area contributed by atoms with E-state index in [1.807, 2.05) is 25.7 Å². The Bertz CT molecular complexity index is 923. The molecular weight excluding hydrogens is 406 g/mol. The zero-order valence-corrected chi connectivity index (χ0v) is 18.0. The SMILES string of the molecule is CN(CC(=O)OC(C)(C)C)[C@H]1CN(Cc2nc(-c3ccc([N+](=O)[O-])cc3)no2)C[C@H]1O. The number of carbonyl (C=O) groups is 1. The predicted molar refractivity (Wildman–Crippen MR) is 110 cm³/mol. The minimum atomic E-state index is -0.635. The molecule has 0 bridgehead atoms. The number of aliphatic hydroxyl groups excluding tert-OH is 1. The summed E-state index contributed by atoms with van der Waals surface area (Å²) in [6.07, 6.45) is -0.635. The standard InChI is InChI=1S/C20H27N5O6/c1-20(2,3)30-18(27)12-23(4)15-9-24(10-16(15)26)11-17-21-19(22-31-17)13-5-7-14(8-6-13)25(28)29/h5-8,15-16,26H,9-12H2,1-4H3/t15-,16+/m0/s1. The fourth-order valence-corrected chi connectivity index (χ4v) is 3.46. The zero-order chi connectivity index (χ0) is 22.8. The summed E-state index contributed by atoms with van der Waals surface area (Å²) in [5.74, 6) is 0.365. The molecule has 11 heteroatoms. The second kappa shape index (κ2) is 9.08. The van der Waals surface area contributed by atoms with Gasteiger partial charge >= 0.3 is 5.97 Å². The molecule has 3 rings (SSSR count). The lowest BCUT2D eigenvalue weighted by Gasteiger charge is -2.27. The Hall–Kier alpha value is -2.89. The lowest BCUT2D eigenvalue weighted by molar-refractivity contribution is -0.384. The molecule has 11 nitrogen and oxygen atoms in total. The maximum absolute atomic E-state index is 12.1. The third-order valence-electron chi connectivity index (χ3n) is 4.86. The number of β-amino-alcohol motifs (C(OH)–C–C–N with tert-alkyl or cyclic N) is 1. The van der Waals surface area contributed by atoms with Gasteiger partial charge in [0.1, 0.15) is 5.60 Å². The minimum Gasteiger partial charge on any atom is -0.459 e. The number of nitro groups is 1.